The highest BCUT2D eigenvalue weighted by Crippen LogP contribution is 2.76. The highest BCUT2D eigenvalue weighted by atomic mass is 14.7. The summed E-state index contributed by atoms with van der Waals surface area (Å²) in [5.74, 6) is 11.5. The summed E-state index contributed by atoms with van der Waals surface area (Å²) in [5.41, 5.74) is 0. The van der Waals surface area contributed by atoms with Crippen molar-refractivity contribution in [2.24, 2.45) is 59.2 Å². The molecule has 0 radical (unpaired) electrons. The number of fused-ring (bicyclic) bond motifs is 4. The Labute approximate surface area is 104 Å². The molecule has 6 aliphatic rings. The zero-order valence-electron chi connectivity index (χ0n) is 10.5. The summed E-state index contributed by atoms with van der Waals surface area (Å²) in [4.78, 5) is 0. The van der Waals surface area contributed by atoms with Crippen LogP contribution in [0.3, 0.4) is 0 Å². The second kappa shape index (κ2) is 2.53. The van der Waals surface area contributed by atoms with Gasteiger partial charge in [-0.3, -0.25) is 0 Å². The summed E-state index contributed by atoms with van der Waals surface area (Å²) in [6.07, 6.45) is 13.4. The van der Waals surface area contributed by atoms with Gasteiger partial charge in [0.15, 0.2) is 0 Å². The van der Waals surface area contributed by atoms with E-state index in [9.17, 15) is 0 Å². The maximum Gasteiger partial charge on any atom is -0.0165 e. The van der Waals surface area contributed by atoms with Crippen LogP contribution >= 0.6 is 0 Å². The molecular weight excluding hydrogens is 204 g/mol. The lowest BCUT2D eigenvalue weighted by atomic mass is 9.56. The Balaban J connectivity index is 1.60. The molecule has 17 heavy (non-hydrogen) atoms. The molecule has 0 heterocycles. The molecule has 10 unspecified atom stereocenters. The number of hydrogen-bond donors (Lipinski definition) is 0. The first-order valence-electron chi connectivity index (χ1n) is 8.12. The van der Waals surface area contributed by atoms with E-state index >= 15 is 0 Å². The van der Waals surface area contributed by atoms with Gasteiger partial charge in [0.2, 0.25) is 0 Å². The predicted octanol–water partition coefficient (Wildman–Crippen LogP) is 3.74. The predicted molar refractivity (Wildman–Crippen MR) is 67.1 cm³/mol. The number of allylic oxidation sites excluding steroid dienone is 2. The Hall–Kier alpha value is -0.260. The molecule has 0 aromatic rings. The third-order valence-corrected chi connectivity index (χ3v) is 8.18. The van der Waals surface area contributed by atoms with Gasteiger partial charge in [-0.15, -0.1) is 0 Å². The Morgan fingerprint density at radius 2 is 1.47 bits per heavy atom. The molecule has 0 aromatic heterocycles. The lowest BCUT2D eigenvalue weighted by Gasteiger charge is -2.48. The molecule has 6 rings (SSSR count). The third kappa shape index (κ3) is 0.755. The van der Waals surface area contributed by atoms with E-state index in [1.165, 1.54) is 35.5 Å². The van der Waals surface area contributed by atoms with Crippen LogP contribution in [0.15, 0.2) is 12.2 Å². The van der Waals surface area contributed by atoms with Crippen molar-refractivity contribution in [3.8, 4) is 0 Å². The van der Waals surface area contributed by atoms with Crippen molar-refractivity contribution >= 4 is 0 Å². The number of rotatable bonds is 0. The number of hydrogen-bond acceptors (Lipinski definition) is 0. The van der Waals surface area contributed by atoms with Crippen molar-refractivity contribution in [2.75, 3.05) is 0 Å². The van der Waals surface area contributed by atoms with Crippen molar-refractivity contribution in [3.63, 3.8) is 0 Å². The van der Waals surface area contributed by atoms with Crippen LogP contribution in [-0.2, 0) is 0 Å². The maximum atomic E-state index is 2.66. The molecule has 0 N–H and O–H groups in total. The fourth-order valence-electron chi connectivity index (χ4n) is 8.24. The lowest BCUT2D eigenvalue weighted by molar-refractivity contribution is 0.00904. The van der Waals surface area contributed by atoms with Crippen LogP contribution in [0.5, 0.6) is 0 Å². The molecule has 5 saturated carbocycles. The van der Waals surface area contributed by atoms with Gasteiger partial charge in [-0.05, 0) is 78.4 Å². The van der Waals surface area contributed by atoms with E-state index < -0.39 is 0 Å². The molecule has 0 aliphatic heterocycles. The van der Waals surface area contributed by atoms with Gasteiger partial charge in [0, 0.05) is 0 Å². The van der Waals surface area contributed by atoms with Gasteiger partial charge in [0.25, 0.3) is 0 Å². The maximum absolute atomic E-state index is 2.66. The van der Waals surface area contributed by atoms with Crippen LogP contribution in [0.25, 0.3) is 0 Å². The summed E-state index contributed by atoms with van der Waals surface area (Å²) in [5, 5.41) is 0. The van der Waals surface area contributed by atoms with Gasteiger partial charge in [0.1, 0.15) is 0 Å². The first-order valence-corrected chi connectivity index (χ1v) is 8.12. The summed E-state index contributed by atoms with van der Waals surface area (Å²) in [6.45, 7) is 0. The van der Waals surface area contributed by atoms with Gasteiger partial charge < -0.3 is 0 Å². The normalized spacial score (nSPS) is 72.5. The molecule has 0 saturated heterocycles. The van der Waals surface area contributed by atoms with Gasteiger partial charge in [-0.2, -0.15) is 0 Å². The van der Waals surface area contributed by atoms with Crippen LogP contribution < -0.4 is 0 Å². The quantitative estimate of drug-likeness (QED) is 0.552. The third-order valence-electron chi connectivity index (χ3n) is 8.18. The van der Waals surface area contributed by atoms with E-state index in [1.807, 2.05) is 0 Å². The van der Waals surface area contributed by atoms with Gasteiger partial charge >= 0.3 is 0 Å². The minimum Gasteiger partial charge on any atom is -0.0845 e. The lowest BCUT2D eigenvalue weighted by Crippen LogP contribution is -2.42. The first kappa shape index (κ1) is 8.77. The van der Waals surface area contributed by atoms with Gasteiger partial charge in [-0.1, -0.05) is 25.0 Å². The molecule has 0 aromatic carbocycles. The van der Waals surface area contributed by atoms with E-state index in [0.717, 1.165) is 23.7 Å². The molecule has 6 aliphatic carbocycles. The summed E-state index contributed by atoms with van der Waals surface area (Å²) < 4.78 is 0. The molecule has 0 spiro atoms. The second-order valence-electron chi connectivity index (χ2n) is 8.09. The fourth-order valence-corrected chi connectivity index (χ4v) is 8.24. The van der Waals surface area contributed by atoms with Gasteiger partial charge in [-0.25, -0.2) is 0 Å². The Bertz CT molecular complexity index is 422. The molecular formula is C17H22. The standard InChI is InChI=1S/C17H22/c1-2-8-6-12-10-4-5-11(12)17-14-7-13(16(10)17)9(3-1)15(8)14/h4-5,8-17H,1-3,6-7H2. The molecule has 0 nitrogen and oxygen atoms in total. The van der Waals surface area contributed by atoms with Crippen molar-refractivity contribution in [2.45, 2.75) is 32.1 Å². The van der Waals surface area contributed by atoms with E-state index in [-0.39, 0.29) is 0 Å². The van der Waals surface area contributed by atoms with Crippen LogP contribution in [0.4, 0.5) is 0 Å². The Kier molecular flexibility index (Phi) is 1.31. The van der Waals surface area contributed by atoms with E-state index in [1.54, 1.807) is 32.1 Å². The minimum absolute atomic E-state index is 1.05. The van der Waals surface area contributed by atoms with Crippen LogP contribution in [0, 0.1) is 59.2 Å². The zero-order chi connectivity index (χ0) is 10.7. The minimum atomic E-state index is 1.05. The van der Waals surface area contributed by atoms with E-state index in [4.69, 9.17) is 0 Å². The molecule has 0 heteroatoms. The molecule has 90 valence electrons. The zero-order valence-corrected chi connectivity index (χ0v) is 10.5. The summed E-state index contributed by atoms with van der Waals surface area (Å²) >= 11 is 0. The SMILES string of the molecule is C1=CC2C3CC4CCCC5C6CC(C45)C2C6C13. The highest BCUT2D eigenvalue weighted by Gasteiger charge is 2.70. The van der Waals surface area contributed by atoms with Crippen LogP contribution in [0.1, 0.15) is 32.1 Å². The second-order valence-corrected chi connectivity index (χ2v) is 8.09. The van der Waals surface area contributed by atoms with Crippen molar-refractivity contribution in [3.05, 3.63) is 12.2 Å². The van der Waals surface area contributed by atoms with Gasteiger partial charge in [0.05, 0.1) is 0 Å². The highest BCUT2D eigenvalue weighted by molar-refractivity contribution is 5.27. The molecule has 10 atom stereocenters. The van der Waals surface area contributed by atoms with Crippen molar-refractivity contribution in [1.82, 2.24) is 0 Å². The Morgan fingerprint density at radius 3 is 2.35 bits per heavy atom. The summed E-state index contributed by atoms with van der Waals surface area (Å²) in [7, 11) is 0. The molecule has 6 bridgehead atoms. The van der Waals surface area contributed by atoms with Crippen LogP contribution in [0.2, 0.25) is 0 Å². The average Bonchev–Trinajstić information content (AvgIpc) is 3.04. The average molecular weight is 226 g/mol. The van der Waals surface area contributed by atoms with E-state index in [2.05, 4.69) is 12.2 Å². The summed E-state index contributed by atoms with van der Waals surface area (Å²) in [6, 6.07) is 0. The monoisotopic (exact) mass is 226 g/mol. The largest absolute Gasteiger partial charge is 0.0845 e. The Morgan fingerprint density at radius 1 is 0.647 bits per heavy atom. The first-order chi connectivity index (χ1) is 8.43. The smallest absolute Gasteiger partial charge is 0.0165 e. The fraction of sp³-hybridized carbons (Fsp3) is 0.882. The van der Waals surface area contributed by atoms with E-state index in [0.29, 0.717) is 0 Å². The van der Waals surface area contributed by atoms with Crippen molar-refractivity contribution < 1.29 is 0 Å². The topological polar surface area (TPSA) is 0 Å². The van der Waals surface area contributed by atoms with Crippen molar-refractivity contribution in [1.29, 1.82) is 0 Å². The van der Waals surface area contributed by atoms with Crippen LogP contribution in [-0.4, -0.2) is 0 Å². The molecule has 0 amide bonds. The molecule has 5 fully saturated rings.